The van der Waals surface area contributed by atoms with Gasteiger partial charge < -0.3 is 0 Å². The molecule has 34 heavy (non-hydrogen) atoms. The molecule has 0 unspecified atom stereocenters. The predicted octanol–water partition coefficient (Wildman–Crippen LogP) is 7.02. The van der Waals surface area contributed by atoms with Crippen molar-refractivity contribution in [2.45, 2.75) is 52.4 Å². The van der Waals surface area contributed by atoms with Gasteiger partial charge in [-0.3, -0.25) is 9.59 Å². The van der Waals surface area contributed by atoms with E-state index < -0.39 is 0 Å². The second kappa shape index (κ2) is 14.3. The molecule has 2 aromatic rings. The molecule has 2 rings (SSSR count). The van der Waals surface area contributed by atoms with Gasteiger partial charge in [-0.1, -0.05) is 71.4 Å². The Hall–Kier alpha value is -2.12. The highest BCUT2D eigenvalue weighted by molar-refractivity contribution is 6.42. The zero-order chi connectivity index (χ0) is 25.1. The minimum absolute atomic E-state index is 0.163. The Bertz CT molecular complexity index is 1000. The van der Waals surface area contributed by atoms with Gasteiger partial charge in [0.15, 0.2) is 0 Å². The van der Waals surface area contributed by atoms with Gasteiger partial charge in [0.1, 0.15) is 0 Å². The Morgan fingerprint density at radius 2 is 1.03 bits per heavy atom. The van der Waals surface area contributed by atoms with Crippen LogP contribution >= 0.6 is 46.4 Å². The van der Waals surface area contributed by atoms with Gasteiger partial charge in [0.25, 0.3) is 0 Å². The minimum Gasteiger partial charge on any atom is -0.273 e. The Morgan fingerprint density at radius 3 is 1.38 bits per heavy atom. The maximum atomic E-state index is 12.0. The quantitative estimate of drug-likeness (QED) is 0.181. The summed E-state index contributed by atoms with van der Waals surface area (Å²) in [4.78, 5) is 24.0. The van der Waals surface area contributed by atoms with Crippen LogP contribution in [0.25, 0.3) is 0 Å². The van der Waals surface area contributed by atoms with Crippen LogP contribution in [0.2, 0.25) is 20.1 Å². The molecule has 2 amide bonds. The number of unbranched alkanes of at least 4 members (excludes halogenated alkanes) is 3. The van der Waals surface area contributed by atoms with Crippen LogP contribution in [0.5, 0.6) is 0 Å². The fraction of sp³-hybridized carbons (Fsp3) is 0.333. The molecule has 182 valence electrons. The van der Waals surface area contributed by atoms with Crippen LogP contribution in [0.4, 0.5) is 0 Å². The fourth-order valence-electron chi connectivity index (χ4n) is 2.90. The molecule has 0 aliphatic carbocycles. The summed E-state index contributed by atoms with van der Waals surface area (Å²) >= 11 is 23.8. The largest absolute Gasteiger partial charge is 0.273 e. The maximum Gasteiger partial charge on any atom is 0.240 e. The number of hydrazone groups is 2. The number of hydrogen-bond acceptors (Lipinski definition) is 4. The number of hydrogen-bond donors (Lipinski definition) is 2. The first-order valence-electron chi connectivity index (χ1n) is 10.7. The summed E-state index contributed by atoms with van der Waals surface area (Å²) < 4.78 is 0. The molecule has 0 aliphatic heterocycles. The van der Waals surface area contributed by atoms with E-state index in [1.807, 2.05) is 0 Å². The van der Waals surface area contributed by atoms with Crippen LogP contribution in [0.15, 0.2) is 46.6 Å². The molecule has 0 heterocycles. The SMILES string of the molecule is C/C(=N\NC(=O)CCCCCCC(=O)N/N=C(\C)c1ccc(Cl)c(Cl)c1)c1ccc(Cl)c(Cl)c1. The molecule has 6 nitrogen and oxygen atoms in total. The first-order valence-corrected chi connectivity index (χ1v) is 12.3. The van der Waals surface area contributed by atoms with Crippen LogP contribution in [-0.4, -0.2) is 23.2 Å². The molecule has 0 saturated carbocycles. The lowest BCUT2D eigenvalue weighted by molar-refractivity contribution is -0.122. The normalized spacial score (nSPS) is 11.9. The van der Waals surface area contributed by atoms with Gasteiger partial charge in [-0.05, 0) is 62.1 Å². The van der Waals surface area contributed by atoms with E-state index in [9.17, 15) is 9.59 Å². The Morgan fingerprint density at radius 1 is 0.647 bits per heavy atom. The summed E-state index contributed by atoms with van der Waals surface area (Å²) in [5, 5.41) is 10.0. The van der Waals surface area contributed by atoms with Crippen molar-refractivity contribution in [3.8, 4) is 0 Å². The number of halogens is 4. The second-order valence-electron chi connectivity index (χ2n) is 7.64. The number of nitrogens with zero attached hydrogens (tertiary/aromatic N) is 2. The zero-order valence-corrected chi connectivity index (χ0v) is 22.0. The number of amides is 2. The van der Waals surface area contributed by atoms with Gasteiger partial charge in [0, 0.05) is 12.8 Å². The Kier molecular flexibility index (Phi) is 11.8. The number of carbonyl (C=O) groups is 2. The highest BCUT2D eigenvalue weighted by Crippen LogP contribution is 2.23. The van der Waals surface area contributed by atoms with Gasteiger partial charge in [-0.2, -0.15) is 10.2 Å². The number of rotatable bonds is 11. The third-order valence-electron chi connectivity index (χ3n) is 4.93. The van der Waals surface area contributed by atoms with E-state index >= 15 is 0 Å². The topological polar surface area (TPSA) is 82.9 Å². The molecule has 0 saturated heterocycles. The molecule has 2 N–H and O–H groups in total. The standard InChI is InChI=1S/C24H26Cl4N4O2/c1-15(17-9-11-19(25)21(27)13-17)29-31-23(33)7-5-3-4-6-8-24(34)32-30-16(2)18-10-12-20(26)22(28)14-18/h9-14H,3-8H2,1-2H3,(H,31,33)(H,32,34)/b29-15+,30-16+. The van der Waals surface area contributed by atoms with Crippen molar-refractivity contribution in [3.63, 3.8) is 0 Å². The van der Waals surface area contributed by atoms with Gasteiger partial charge in [-0.25, -0.2) is 10.9 Å². The molecular weight excluding hydrogens is 518 g/mol. The highest BCUT2D eigenvalue weighted by Gasteiger charge is 2.06. The first kappa shape index (κ1) is 28.1. The predicted molar refractivity (Wildman–Crippen MR) is 141 cm³/mol. The molecule has 0 fully saturated rings. The van der Waals surface area contributed by atoms with Crippen molar-refractivity contribution in [2.75, 3.05) is 0 Å². The van der Waals surface area contributed by atoms with Crippen molar-refractivity contribution < 1.29 is 9.59 Å². The van der Waals surface area contributed by atoms with Crippen molar-refractivity contribution in [1.82, 2.24) is 10.9 Å². The van der Waals surface area contributed by atoms with E-state index in [0.29, 0.717) is 57.2 Å². The molecule has 0 bridgehead atoms. The van der Waals surface area contributed by atoms with E-state index in [-0.39, 0.29) is 11.8 Å². The lowest BCUT2D eigenvalue weighted by atomic mass is 10.1. The highest BCUT2D eigenvalue weighted by atomic mass is 35.5. The first-order chi connectivity index (χ1) is 16.2. The zero-order valence-electron chi connectivity index (χ0n) is 18.9. The summed E-state index contributed by atoms with van der Waals surface area (Å²) in [6.45, 7) is 3.56. The molecular formula is C24H26Cl4N4O2. The van der Waals surface area contributed by atoms with Crippen molar-refractivity contribution in [1.29, 1.82) is 0 Å². The molecule has 0 atom stereocenters. The van der Waals surface area contributed by atoms with Crippen LogP contribution in [-0.2, 0) is 9.59 Å². The monoisotopic (exact) mass is 542 g/mol. The Balaban J connectivity index is 1.61. The van der Waals surface area contributed by atoms with E-state index in [1.54, 1.807) is 50.2 Å². The van der Waals surface area contributed by atoms with E-state index in [4.69, 9.17) is 46.4 Å². The molecule has 0 spiro atoms. The van der Waals surface area contributed by atoms with Crippen LogP contribution in [0.1, 0.15) is 63.5 Å². The van der Waals surface area contributed by atoms with Crippen molar-refractivity contribution in [3.05, 3.63) is 67.6 Å². The number of benzene rings is 2. The summed E-state index contributed by atoms with van der Waals surface area (Å²) in [6.07, 6.45) is 3.81. The third kappa shape index (κ3) is 9.63. The average molecular weight is 544 g/mol. The lowest BCUT2D eigenvalue weighted by Gasteiger charge is -2.05. The maximum absolute atomic E-state index is 12.0. The number of carbonyl (C=O) groups excluding carboxylic acids is 2. The fourth-order valence-corrected chi connectivity index (χ4v) is 3.50. The average Bonchev–Trinajstić information content (AvgIpc) is 2.81. The smallest absolute Gasteiger partial charge is 0.240 e. The minimum atomic E-state index is -0.163. The lowest BCUT2D eigenvalue weighted by Crippen LogP contribution is -2.19. The van der Waals surface area contributed by atoms with E-state index in [1.165, 1.54) is 0 Å². The summed E-state index contributed by atoms with van der Waals surface area (Å²) in [6, 6.07) is 10.3. The summed E-state index contributed by atoms with van der Waals surface area (Å²) in [7, 11) is 0. The van der Waals surface area contributed by atoms with Gasteiger partial charge >= 0.3 is 0 Å². The van der Waals surface area contributed by atoms with Crippen LogP contribution in [0, 0.1) is 0 Å². The number of nitrogens with one attached hydrogen (secondary N) is 2. The third-order valence-corrected chi connectivity index (χ3v) is 6.41. The van der Waals surface area contributed by atoms with Crippen LogP contribution < -0.4 is 10.9 Å². The van der Waals surface area contributed by atoms with Crippen molar-refractivity contribution >= 4 is 69.6 Å². The van der Waals surface area contributed by atoms with Crippen molar-refractivity contribution in [2.24, 2.45) is 10.2 Å². The van der Waals surface area contributed by atoms with Gasteiger partial charge in [0.05, 0.1) is 31.5 Å². The molecule has 0 radical (unpaired) electrons. The molecule has 10 heteroatoms. The van der Waals surface area contributed by atoms with Crippen LogP contribution in [0.3, 0.4) is 0 Å². The molecule has 0 aromatic heterocycles. The van der Waals surface area contributed by atoms with Gasteiger partial charge in [-0.15, -0.1) is 0 Å². The summed E-state index contributed by atoms with van der Waals surface area (Å²) in [5.74, 6) is -0.325. The van der Waals surface area contributed by atoms with Gasteiger partial charge in [0.2, 0.25) is 11.8 Å². The Labute approximate surface area is 219 Å². The van der Waals surface area contributed by atoms with E-state index in [0.717, 1.165) is 24.0 Å². The molecule has 2 aromatic carbocycles. The summed E-state index contributed by atoms with van der Waals surface area (Å²) in [5.41, 5.74) is 7.93. The van der Waals surface area contributed by atoms with E-state index in [2.05, 4.69) is 21.1 Å². The second-order valence-corrected chi connectivity index (χ2v) is 9.27. The molecule has 0 aliphatic rings.